The summed E-state index contributed by atoms with van der Waals surface area (Å²) in [6.45, 7) is 1.34. The lowest BCUT2D eigenvalue weighted by Crippen LogP contribution is -2.29. The number of nitrogens with zero attached hydrogens (tertiary/aromatic N) is 5. The van der Waals surface area contributed by atoms with Gasteiger partial charge in [0.2, 0.25) is 0 Å². The van der Waals surface area contributed by atoms with Gasteiger partial charge >= 0.3 is 0 Å². The van der Waals surface area contributed by atoms with Gasteiger partial charge in [-0.2, -0.15) is 0 Å². The summed E-state index contributed by atoms with van der Waals surface area (Å²) in [6, 6.07) is 16.1. The standard InChI is InChI=1S/C20H23N5O/c1-24(15-12-18-11-5-6-13-21-18)20(26)19-16-25(23-22-19)14-7-10-17-8-3-2-4-9-17/h2-6,8-9,11,13,16H,7,10,12,14-15H2,1H3. The molecular formula is C20H23N5O. The van der Waals surface area contributed by atoms with Crippen LogP contribution in [0.25, 0.3) is 0 Å². The highest BCUT2D eigenvalue weighted by molar-refractivity contribution is 5.91. The van der Waals surface area contributed by atoms with Gasteiger partial charge in [-0.05, 0) is 30.5 Å². The number of hydrogen-bond donors (Lipinski definition) is 0. The zero-order chi connectivity index (χ0) is 18.2. The van der Waals surface area contributed by atoms with E-state index in [2.05, 4.69) is 27.4 Å². The SMILES string of the molecule is CN(CCc1ccccn1)C(=O)c1cn(CCCc2ccccc2)nn1. The van der Waals surface area contributed by atoms with Crippen molar-refractivity contribution in [1.82, 2.24) is 24.9 Å². The number of pyridine rings is 1. The molecule has 0 unspecified atom stereocenters. The second kappa shape index (κ2) is 8.89. The van der Waals surface area contributed by atoms with E-state index in [1.54, 1.807) is 29.0 Å². The third kappa shape index (κ3) is 4.99. The molecule has 0 atom stereocenters. The second-order valence-electron chi connectivity index (χ2n) is 6.25. The Morgan fingerprint density at radius 3 is 2.65 bits per heavy atom. The highest BCUT2D eigenvalue weighted by atomic mass is 16.2. The number of likely N-dealkylation sites (N-methyl/N-ethyl adjacent to an activating group) is 1. The van der Waals surface area contributed by atoms with Gasteiger partial charge in [-0.25, -0.2) is 0 Å². The van der Waals surface area contributed by atoms with E-state index in [4.69, 9.17) is 0 Å². The maximum Gasteiger partial charge on any atom is 0.275 e. The molecule has 134 valence electrons. The van der Waals surface area contributed by atoms with E-state index in [1.807, 2.05) is 36.4 Å². The molecule has 0 saturated heterocycles. The molecule has 0 spiro atoms. The van der Waals surface area contributed by atoms with Crippen LogP contribution in [0.3, 0.4) is 0 Å². The minimum Gasteiger partial charge on any atom is -0.340 e. The van der Waals surface area contributed by atoms with Crippen molar-refractivity contribution in [2.24, 2.45) is 0 Å². The van der Waals surface area contributed by atoms with Crippen LogP contribution in [0.15, 0.2) is 60.9 Å². The predicted octanol–water partition coefficient (Wildman–Crippen LogP) is 2.62. The third-order valence-corrected chi connectivity index (χ3v) is 4.23. The van der Waals surface area contributed by atoms with Gasteiger partial charge in [-0.1, -0.05) is 41.6 Å². The largest absolute Gasteiger partial charge is 0.340 e. The van der Waals surface area contributed by atoms with Crippen molar-refractivity contribution in [2.45, 2.75) is 25.8 Å². The van der Waals surface area contributed by atoms with Crippen LogP contribution >= 0.6 is 0 Å². The lowest BCUT2D eigenvalue weighted by atomic mass is 10.1. The molecule has 1 amide bonds. The Kier molecular flexibility index (Phi) is 6.09. The summed E-state index contributed by atoms with van der Waals surface area (Å²) < 4.78 is 1.74. The van der Waals surface area contributed by atoms with Crippen LogP contribution in [-0.2, 0) is 19.4 Å². The van der Waals surface area contributed by atoms with E-state index in [0.717, 1.165) is 25.1 Å². The number of benzene rings is 1. The first-order valence-corrected chi connectivity index (χ1v) is 8.82. The van der Waals surface area contributed by atoms with Gasteiger partial charge in [0.25, 0.3) is 5.91 Å². The van der Waals surface area contributed by atoms with Crippen molar-refractivity contribution in [2.75, 3.05) is 13.6 Å². The van der Waals surface area contributed by atoms with E-state index in [1.165, 1.54) is 5.56 Å². The van der Waals surface area contributed by atoms with Crippen molar-refractivity contribution in [3.63, 3.8) is 0 Å². The van der Waals surface area contributed by atoms with Crippen LogP contribution in [-0.4, -0.2) is 44.4 Å². The maximum absolute atomic E-state index is 12.5. The van der Waals surface area contributed by atoms with Crippen LogP contribution < -0.4 is 0 Å². The summed E-state index contributed by atoms with van der Waals surface area (Å²) in [5.74, 6) is -0.116. The van der Waals surface area contributed by atoms with E-state index < -0.39 is 0 Å². The summed E-state index contributed by atoms with van der Waals surface area (Å²) in [7, 11) is 1.78. The number of aromatic nitrogens is 4. The fourth-order valence-corrected chi connectivity index (χ4v) is 2.72. The lowest BCUT2D eigenvalue weighted by molar-refractivity contribution is 0.0790. The van der Waals surface area contributed by atoms with Crippen LogP contribution in [0.4, 0.5) is 0 Å². The minimum absolute atomic E-state index is 0.116. The molecule has 6 nitrogen and oxygen atoms in total. The van der Waals surface area contributed by atoms with Gasteiger partial charge < -0.3 is 4.90 Å². The molecular weight excluding hydrogens is 326 g/mol. The molecule has 1 aromatic carbocycles. The molecule has 0 fully saturated rings. The Hall–Kier alpha value is -3.02. The third-order valence-electron chi connectivity index (χ3n) is 4.23. The van der Waals surface area contributed by atoms with Crippen LogP contribution in [0.2, 0.25) is 0 Å². The fourth-order valence-electron chi connectivity index (χ4n) is 2.72. The molecule has 0 radical (unpaired) electrons. The monoisotopic (exact) mass is 349 g/mol. The average molecular weight is 349 g/mol. The first-order valence-electron chi connectivity index (χ1n) is 8.82. The van der Waals surface area contributed by atoms with Crippen molar-refractivity contribution in [1.29, 1.82) is 0 Å². The maximum atomic E-state index is 12.5. The molecule has 6 heteroatoms. The van der Waals surface area contributed by atoms with Crippen LogP contribution in [0.1, 0.15) is 28.2 Å². The number of aryl methyl sites for hydroxylation is 2. The van der Waals surface area contributed by atoms with Crippen LogP contribution in [0, 0.1) is 0 Å². The molecule has 0 N–H and O–H groups in total. The zero-order valence-corrected chi connectivity index (χ0v) is 15.0. The second-order valence-corrected chi connectivity index (χ2v) is 6.25. The molecule has 3 aromatic rings. The number of carbonyl (C=O) groups is 1. The Bertz CT molecular complexity index is 816. The predicted molar refractivity (Wildman–Crippen MR) is 99.7 cm³/mol. The molecule has 2 aromatic heterocycles. The Morgan fingerprint density at radius 1 is 1.08 bits per heavy atom. The van der Waals surface area contributed by atoms with E-state index >= 15 is 0 Å². The summed E-state index contributed by atoms with van der Waals surface area (Å²) in [5, 5.41) is 8.10. The van der Waals surface area contributed by atoms with Gasteiger partial charge in [-0.15, -0.1) is 5.10 Å². The van der Waals surface area contributed by atoms with E-state index in [0.29, 0.717) is 18.7 Å². The first kappa shape index (κ1) is 17.8. The van der Waals surface area contributed by atoms with Crippen molar-refractivity contribution < 1.29 is 4.79 Å². The number of rotatable bonds is 8. The van der Waals surface area contributed by atoms with Crippen molar-refractivity contribution >= 4 is 5.91 Å². The fraction of sp³-hybridized carbons (Fsp3) is 0.300. The molecule has 3 rings (SSSR count). The van der Waals surface area contributed by atoms with Crippen molar-refractivity contribution in [3.8, 4) is 0 Å². The summed E-state index contributed by atoms with van der Waals surface area (Å²) >= 11 is 0. The summed E-state index contributed by atoms with van der Waals surface area (Å²) in [6.07, 6.45) is 6.14. The van der Waals surface area contributed by atoms with Gasteiger partial charge in [0, 0.05) is 38.4 Å². The van der Waals surface area contributed by atoms with Gasteiger partial charge in [-0.3, -0.25) is 14.5 Å². The Morgan fingerprint density at radius 2 is 1.88 bits per heavy atom. The minimum atomic E-state index is -0.116. The lowest BCUT2D eigenvalue weighted by Gasteiger charge is -2.15. The highest BCUT2D eigenvalue weighted by Crippen LogP contribution is 2.05. The highest BCUT2D eigenvalue weighted by Gasteiger charge is 2.15. The van der Waals surface area contributed by atoms with Crippen molar-refractivity contribution in [3.05, 3.63) is 77.9 Å². The molecule has 0 aliphatic carbocycles. The quantitative estimate of drug-likeness (QED) is 0.627. The summed E-state index contributed by atoms with van der Waals surface area (Å²) in [5.41, 5.74) is 2.66. The normalized spacial score (nSPS) is 10.7. The summed E-state index contributed by atoms with van der Waals surface area (Å²) in [4.78, 5) is 18.4. The molecule has 0 aliphatic heterocycles. The number of hydrogen-bond acceptors (Lipinski definition) is 4. The Balaban J connectivity index is 1.47. The average Bonchev–Trinajstić information content (AvgIpc) is 3.16. The zero-order valence-electron chi connectivity index (χ0n) is 15.0. The first-order chi connectivity index (χ1) is 12.7. The molecule has 2 heterocycles. The molecule has 0 saturated carbocycles. The topological polar surface area (TPSA) is 63.9 Å². The molecule has 0 aliphatic rings. The Labute approximate surface area is 153 Å². The van der Waals surface area contributed by atoms with E-state index in [9.17, 15) is 4.79 Å². The molecule has 26 heavy (non-hydrogen) atoms. The van der Waals surface area contributed by atoms with Gasteiger partial charge in [0.05, 0.1) is 6.20 Å². The van der Waals surface area contributed by atoms with Gasteiger partial charge in [0.15, 0.2) is 5.69 Å². The smallest absolute Gasteiger partial charge is 0.275 e. The number of amides is 1. The number of carbonyl (C=O) groups excluding carboxylic acids is 1. The van der Waals surface area contributed by atoms with Gasteiger partial charge in [0.1, 0.15) is 0 Å². The van der Waals surface area contributed by atoms with E-state index in [-0.39, 0.29) is 5.91 Å². The van der Waals surface area contributed by atoms with Crippen LogP contribution in [0.5, 0.6) is 0 Å². The molecule has 0 bridgehead atoms.